The van der Waals surface area contributed by atoms with E-state index in [0.717, 1.165) is 18.5 Å². The van der Waals surface area contributed by atoms with Gasteiger partial charge in [0.05, 0.1) is 19.3 Å². The molecule has 0 spiro atoms. The van der Waals surface area contributed by atoms with Crippen molar-refractivity contribution >= 4 is 0 Å². The summed E-state index contributed by atoms with van der Waals surface area (Å²) in [6.07, 6.45) is -9.03. The summed E-state index contributed by atoms with van der Waals surface area (Å²) in [7, 11) is 1.21. The van der Waals surface area contributed by atoms with Crippen LogP contribution in [0.3, 0.4) is 0 Å². The SMILES string of the molecule is COc1cncc(C(NN)C(C(F)(F)F)C(F)(F)F)c1. The third-order valence-corrected chi connectivity index (χ3v) is 2.55. The molecule has 1 unspecified atom stereocenters. The van der Waals surface area contributed by atoms with Gasteiger partial charge in [-0.3, -0.25) is 16.3 Å². The van der Waals surface area contributed by atoms with Gasteiger partial charge in [-0.25, -0.2) is 0 Å². The number of alkyl halides is 6. The first kappa shape index (κ1) is 16.5. The third-order valence-electron chi connectivity index (χ3n) is 2.55. The zero-order chi connectivity index (χ0) is 15.6. The Morgan fingerprint density at radius 1 is 1.15 bits per heavy atom. The van der Waals surface area contributed by atoms with E-state index >= 15 is 0 Å². The molecular weight excluding hydrogens is 292 g/mol. The van der Waals surface area contributed by atoms with Gasteiger partial charge in [0.2, 0.25) is 0 Å². The van der Waals surface area contributed by atoms with Crippen LogP contribution in [0.15, 0.2) is 18.5 Å². The lowest BCUT2D eigenvalue weighted by molar-refractivity contribution is -0.292. The zero-order valence-corrected chi connectivity index (χ0v) is 10.1. The number of hydrazine groups is 1. The van der Waals surface area contributed by atoms with Gasteiger partial charge in [0, 0.05) is 6.20 Å². The molecule has 0 saturated heterocycles. The number of rotatable bonds is 4. The number of hydrogen-bond acceptors (Lipinski definition) is 4. The summed E-state index contributed by atoms with van der Waals surface area (Å²) >= 11 is 0. The molecular formula is C10H11F6N3O. The molecule has 1 aromatic rings. The van der Waals surface area contributed by atoms with Gasteiger partial charge in [-0.1, -0.05) is 0 Å². The molecule has 4 nitrogen and oxygen atoms in total. The van der Waals surface area contributed by atoms with Gasteiger partial charge in [-0.2, -0.15) is 26.3 Å². The van der Waals surface area contributed by atoms with Crippen LogP contribution in [0.2, 0.25) is 0 Å². The van der Waals surface area contributed by atoms with Crippen molar-refractivity contribution < 1.29 is 31.1 Å². The zero-order valence-electron chi connectivity index (χ0n) is 10.1. The highest BCUT2D eigenvalue weighted by Gasteiger charge is 2.60. The van der Waals surface area contributed by atoms with E-state index in [-0.39, 0.29) is 11.3 Å². The monoisotopic (exact) mass is 303 g/mol. The van der Waals surface area contributed by atoms with Gasteiger partial charge in [0.15, 0.2) is 5.92 Å². The highest BCUT2D eigenvalue weighted by molar-refractivity contribution is 5.27. The van der Waals surface area contributed by atoms with Crippen molar-refractivity contribution in [3.05, 3.63) is 24.0 Å². The maximum atomic E-state index is 12.7. The molecule has 1 aromatic heterocycles. The Balaban J connectivity index is 3.26. The van der Waals surface area contributed by atoms with Gasteiger partial charge in [0.25, 0.3) is 0 Å². The summed E-state index contributed by atoms with van der Waals surface area (Å²) in [5.41, 5.74) is 1.16. The first-order chi connectivity index (χ1) is 9.11. The summed E-state index contributed by atoms with van der Waals surface area (Å²) < 4.78 is 80.6. The van der Waals surface area contributed by atoms with Gasteiger partial charge in [-0.15, -0.1) is 0 Å². The van der Waals surface area contributed by atoms with Crippen molar-refractivity contribution in [3.63, 3.8) is 0 Å². The van der Waals surface area contributed by atoms with Gasteiger partial charge < -0.3 is 4.74 Å². The van der Waals surface area contributed by atoms with E-state index < -0.39 is 24.3 Å². The Bertz CT molecular complexity index is 433. The van der Waals surface area contributed by atoms with Crippen LogP contribution in [0.4, 0.5) is 26.3 Å². The minimum Gasteiger partial charge on any atom is -0.495 e. The second-order valence-electron chi connectivity index (χ2n) is 3.86. The number of nitrogens with one attached hydrogen (secondary N) is 1. The number of hydrogen-bond donors (Lipinski definition) is 2. The van der Waals surface area contributed by atoms with Crippen molar-refractivity contribution in [2.24, 2.45) is 11.8 Å². The van der Waals surface area contributed by atoms with E-state index in [1.54, 1.807) is 5.43 Å². The molecule has 1 rings (SSSR count). The van der Waals surface area contributed by atoms with E-state index in [1.165, 1.54) is 7.11 Å². The quantitative estimate of drug-likeness (QED) is 0.509. The Hall–Kier alpha value is -1.55. The summed E-state index contributed by atoms with van der Waals surface area (Å²) in [6.45, 7) is 0. The minimum absolute atomic E-state index is 0.0193. The fraction of sp³-hybridized carbons (Fsp3) is 0.500. The van der Waals surface area contributed by atoms with Crippen molar-refractivity contribution in [2.45, 2.75) is 18.4 Å². The van der Waals surface area contributed by atoms with Gasteiger partial charge >= 0.3 is 12.4 Å². The summed E-state index contributed by atoms with van der Waals surface area (Å²) in [6, 6.07) is -1.22. The van der Waals surface area contributed by atoms with E-state index in [2.05, 4.69) is 4.98 Å². The number of nitrogens with zero attached hydrogens (tertiary/aromatic N) is 1. The average Bonchev–Trinajstić information content (AvgIpc) is 2.32. The highest BCUT2D eigenvalue weighted by Crippen LogP contribution is 2.46. The van der Waals surface area contributed by atoms with E-state index in [1.807, 2.05) is 0 Å². The summed E-state index contributed by atoms with van der Waals surface area (Å²) in [4.78, 5) is 3.52. The van der Waals surface area contributed by atoms with Crippen LogP contribution in [-0.2, 0) is 0 Å². The lowest BCUT2D eigenvalue weighted by Gasteiger charge is -2.30. The van der Waals surface area contributed by atoms with E-state index in [0.29, 0.717) is 0 Å². The molecule has 20 heavy (non-hydrogen) atoms. The third kappa shape index (κ3) is 3.73. The number of halogens is 6. The molecule has 1 heterocycles. The smallest absolute Gasteiger partial charge is 0.402 e. The molecule has 10 heteroatoms. The predicted molar refractivity (Wildman–Crippen MR) is 56.5 cm³/mol. The number of nitrogens with two attached hydrogens (primary N) is 1. The van der Waals surface area contributed by atoms with Crippen LogP contribution >= 0.6 is 0 Å². The van der Waals surface area contributed by atoms with Crippen molar-refractivity contribution in [3.8, 4) is 5.75 Å². The molecule has 0 aliphatic rings. The molecule has 1 atom stereocenters. The molecule has 0 saturated carbocycles. The molecule has 0 fully saturated rings. The van der Waals surface area contributed by atoms with Gasteiger partial charge in [0.1, 0.15) is 5.75 Å². The molecule has 0 amide bonds. The Morgan fingerprint density at radius 3 is 2.10 bits per heavy atom. The topological polar surface area (TPSA) is 60.2 Å². The number of ether oxygens (including phenoxy) is 1. The Labute approximate surface area is 109 Å². The van der Waals surface area contributed by atoms with Crippen molar-refractivity contribution in [2.75, 3.05) is 7.11 Å². The number of aromatic nitrogens is 1. The van der Waals surface area contributed by atoms with Gasteiger partial charge in [-0.05, 0) is 11.6 Å². The molecule has 0 aliphatic heterocycles. The summed E-state index contributed by atoms with van der Waals surface area (Å²) in [5.74, 6) is 1.23. The molecule has 114 valence electrons. The van der Waals surface area contributed by atoms with Crippen LogP contribution in [-0.4, -0.2) is 24.4 Å². The maximum absolute atomic E-state index is 12.7. The highest BCUT2D eigenvalue weighted by atomic mass is 19.4. The second-order valence-corrected chi connectivity index (χ2v) is 3.86. The standard InChI is InChI=1S/C10H11F6N3O/c1-20-6-2-5(3-18-4-6)7(19-17)8(9(11,12)13)10(14,15)16/h2-4,7-8,19H,17H2,1H3. The normalized spacial score (nSPS) is 14.4. The Morgan fingerprint density at radius 2 is 1.70 bits per heavy atom. The largest absolute Gasteiger partial charge is 0.495 e. The minimum atomic E-state index is -5.52. The van der Waals surface area contributed by atoms with Crippen LogP contribution in [0.25, 0.3) is 0 Å². The average molecular weight is 303 g/mol. The maximum Gasteiger partial charge on any atom is 0.402 e. The van der Waals surface area contributed by atoms with Crippen LogP contribution in [0, 0.1) is 5.92 Å². The van der Waals surface area contributed by atoms with Crippen LogP contribution in [0.1, 0.15) is 11.6 Å². The fourth-order valence-corrected chi connectivity index (χ4v) is 1.67. The number of pyridine rings is 1. The lowest BCUT2D eigenvalue weighted by Crippen LogP contribution is -2.47. The second kappa shape index (κ2) is 5.83. The van der Waals surface area contributed by atoms with Crippen molar-refractivity contribution in [1.29, 1.82) is 0 Å². The number of methoxy groups -OCH3 is 1. The fourth-order valence-electron chi connectivity index (χ4n) is 1.67. The van der Waals surface area contributed by atoms with Crippen molar-refractivity contribution in [1.82, 2.24) is 10.4 Å². The molecule has 0 bridgehead atoms. The van der Waals surface area contributed by atoms with Crippen LogP contribution < -0.4 is 16.0 Å². The molecule has 3 N–H and O–H groups in total. The molecule has 0 aromatic carbocycles. The van der Waals surface area contributed by atoms with E-state index in [9.17, 15) is 26.3 Å². The van der Waals surface area contributed by atoms with E-state index in [4.69, 9.17) is 10.6 Å². The lowest BCUT2D eigenvalue weighted by atomic mass is 9.93. The molecule has 0 radical (unpaired) electrons. The summed E-state index contributed by atoms with van der Waals surface area (Å²) in [5, 5.41) is 0. The van der Waals surface area contributed by atoms with Crippen LogP contribution in [0.5, 0.6) is 5.75 Å². The predicted octanol–water partition coefficient (Wildman–Crippen LogP) is 2.34. The Kier molecular flexibility index (Phi) is 4.81. The molecule has 0 aliphatic carbocycles. The first-order valence-corrected chi connectivity index (χ1v) is 5.19. The first-order valence-electron chi connectivity index (χ1n) is 5.19.